The van der Waals surface area contributed by atoms with E-state index in [0.717, 1.165) is 0 Å². The first-order chi connectivity index (χ1) is 37.4. The molecule has 9 rings (SSSR count). The van der Waals surface area contributed by atoms with Crippen molar-refractivity contribution in [1.82, 2.24) is 0 Å². The first-order valence-corrected chi connectivity index (χ1v) is 22.5. The van der Waals surface area contributed by atoms with Crippen LogP contribution in [0.25, 0.3) is 21.9 Å². The summed E-state index contributed by atoms with van der Waals surface area (Å²) in [4.78, 5) is 16.4. The van der Waals surface area contributed by atoms with Gasteiger partial charge in [0.1, 0.15) is 0 Å². The molecule has 0 bridgehead atoms. The van der Waals surface area contributed by atoms with Crippen LogP contribution >= 0.6 is 0 Å². The molecule has 79 heavy (non-hydrogen) atoms. The summed E-state index contributed by atoms with van der Waals surface area (Å²) in [6.07, 6.45) is 0. The van der Waals surface area contributed by atoms with Crippen molar-refractivity contribution in [2.24, 2.45) is 0 Å². The van der Waals surface area contributed by atoms with E-state index in [4.69, 9.17) is 0 Å². The average Bonchev–Trinajstić information content (AvgIpc) is 3.64. The van der Waals surface area contributed by atoms with E-state index in [2.05, 4.69) is 117 Å². The molecular formula is C53H18F20O5S. The van der Waals surface area contributed by atoms with Gasteiger partial charge in [0.15, 0.2) is 49.5 Å². The third kappa shape index (κ3) is 10.0. The summed E-state index contributed by atoms with van der Waals surface area (Å²) in [5, 5.41) is 14.9. The second kappa shape index (κ2) is 22.2. The second-order valence-corrected chi connectivity index (χ2v) is 17.6. The summed E-state index contributed by atoms with van der Waals surface area (Å²) in [6.45, 7) is 0. The number of benzene rings is 9. The molecule has 0 atom stereocenters. The standard InChI is InChI=1S/C31H2F20O5.C22H17S/c32-6-5(7(33)9(35)10(36)8(6)34)4-2(31(52)53)1-3(54-28-20(46)14(40)11(37)15(41)21(28)47)26(55-29-22(48)16(42)12(38)17(43)23(29)49)27(4)56-30-24(50)18(44)13(39)19(45)25(30)51;1-3-12-19(13-4-1)23(20-14-5-2-6-15-20)22-17-9-11-18-10-7-8-16-21(18)22/h1H,(H,52,53);1-17H/q;+1/p-1. The number of carbonyl (C=O) groups is 1. The Labute approximate surface area is 430 Å². The summed E-state index contributed by atoms with van der Waals surface area (Å²) in [6, 6.07) is 36.2. The predicted molar refractivity (Wildman–Crippen MR) is 234 cm³/mol. The van der Waals surface area contributed by atoms with Crippen LogP contribution in [0.2, 0.25) is 0 Å². The minimum absolute atomic E-state index is 0.0892. The molecule has 0 unspecified atom stereocenters. The smallest absolute Gasteiger partial charge is 0.213 e. The van der Waals surface area contributed by atoms with Gasteiger partial charge in [0.05, 0.1) is 22.4 Å². The fourth-order valence-corrected chi connectivity index (χ4v) is 9.59. The quantitative estimate of drug-likeness (QED) is 0.0559. The zero-order valence-corrected chi connectivity index (χ0v) is 38.7. The Kier molecular flexibility index (Phi) is 15.8. The summed E-state index contributed by atoms with van der Waals surface area (Å²) < 4.78 is 302. The Balaban J connectivity index is 0.000000294. The topological polar surface area (TPSA) is 67.8 Å². The molecule has 0 radical (unpaired) electrons. The van der Waals surface area contributed by atoms with Crippen molar-refractivity contribution in [2.75, 3.05) is 0 Å². The maximum Gasteiger partial charge on any atom is 0.213 e. The summed E-state index contributed by atoms with van der Waals surface area (Å²) in [5.74, 6) is -81.2. The van der Waals surface area contributed by atoms with Gasteiger partial charge in [-0.1, -0.05) is 66.7 Å². The lowest BCUT2D eigenvalue weighted by Gasteiger charge is -2.24. The number of hydrogen-bond donors (Lipinski definition) is 0. The van der Waals surface area contributed by atoms with Gasteiger partial charge < -0.3 is 24.1 Å². The Morgan fingerprint density at radius 3 is 1.06 bits per heavy atom. The normalized spacial score (nSPS) is 11.3. The highest BCUT2D eigenvalue weighted by molar-refractivity contribution is 7.97. The first kappa shape index (κ1) is 56.3. The van der Waals surface area contributed by atoms with E-state index < -0.39 is 180 Å². The molecule has 0 amide bonds. The Bertz CT molecular complexity index is 3780. The van der Waals surface area contributed by atoms with E-state index in [0.29, 0.717) is 0 Å². The van der Waals surface area contributed by atoms with Crippen molar-refractivity contribution in [3.63, 3.8) is 0 Å². The number of carbonyl (C=O) groups excluding carboxylic acids is 1. The summed E-state index contributed by atoms with van der Waals surface area (Å²) in [5.41, 5.74) is -7.70. The Morgan fingerprint density at radius 2 is 0.658 bits per heavy atom. The number of carboxylic acid groups (broad SMARTS) is 1. The molecule has 0 N–H and O–H groups in total. The molecule has 0 saturated carbocycles. The Hall–Kier alpha value is -8.94. The van der Waals surface area contributed by atoms with E-state index >= 15 is 8.78 Å². The largest absolute Gasteiger partial charge is 0.545 e. The molecule has 0 fully saturated rings. The van der Waals surface area contributed by atoms with Crippen molar-refractivity contribution in [3.05, 3.63) is 231 Å². The number of fused-ring (bicyclic) bond motifs is 1. The van der Waals surface area contributed by atoms with Crippen molar-refractivity contribution in [2.45, 2.75) is 14.7 Å². The van der Waals surface area contributed by atoms with E-state index in [1.54, 1.807) is 0 Å². The molecule has 5 nitrogen and oxygen atoms in total. The van der Waals surface area contributed by atoms with Crippen LogP contribution in [-0.2, 0) is 10.9 Å². The zero-order chi connectivity index (χ0) is 57.6. The summed E-state index contributed by atoms with van der Waals surface area (Å²) in [7, 11) is -0.0892. The lowest BCUT2D eigenvalue weighted by molar-refractivity contribution is -0.255. The van der Waals surface area contributed by atoms with E-state index in [9.17, 15) is 88.9 Å². The van der Waals surface area contributed by atoms with Gasteiger partial charge in [0.25, 0.3) is 0 Å². The second-order valence-electron chi connectivity index (χ2n) is 15.6. The minimum Gasteiger partial charge on any atom is -0.545 e. The number of halogens is 20. The van der Waals surface area contributed by atoms with Crippen LogP contribution in [0.1, 0.15) is 10.4 Å². The minimum atomic E-state index is -3.17. The van der Waals surface area contributed by atoms with Gasteiger partial charge in [0, 0.05) is 16.5 Å². The number of aromatic carboxylic acids is 1. The molecule has 406 valence electrons. The number of hydrogen-bond acceptors (Lipinski definition) is 5. The predicted octanol–water partition coefficient (Wildman–Crippen LogP) is 15.8. The summed E-state index contributed by atoms with van der Waals surface area (Å²) >= 11 is 0. The maximum absolute atomic E-state index is 15.2. The molecule has 0 aliphatic carbocycles. The van der Waals surface area contributed by atoms with E-state index in [1.807, 2.05) is 0 Å². The molecule has 26 heteroatoms. The van der Waals surface area contributed by atoms with Crippen LogP contribution in [0.3, 0.4) is 0 Å². The highest BCUT2D eigenvalue weighted by atomic mass is 32.2. The molecule has 9 aromatic carbocycles. The monoisotopic (exact) mass is 1150 g/mol. The molecule has 0 heterocycles. The zero-order valence-electron chi connectivity index (χ0n) is 37.9. The fraction of sp³-hybridized carbons (Fsp3) is 0. The van der Waals surface area contributed by atoms with Gasteiger partial charge in [0.2, 0.25) is 116 Å². The average molecular weight is 1150 g/mol. The molecular weight excluding hydrogens is 1130 g/mol. The van der Waals surface area contributed by atoms with Crippen LogP contribution in [0.15, 0.2) is 124 Å². The van der Waals surface area contributed by atoms with Crippen LogP contribution in [-0.4, -0.2) is 5.97 Å². The highest BCUT2D eigenvalue weighted by Gasteiger charge is 2.39. The van der Waals surface area contributed by atoms with Crippen molar-refractivity contribution in [3.8, 4) is 45.6 Å². The molecule has 0 saturated heterocycles. The van der Waals surface area contributed by atoms with E-state index in [-0.39, 0.29) is 10.9 Å². The maximum atomic E-state index is 15.2. The van der Waals surface area contributed by atoms with Crippen molar-refractivity contribution in [1.29, 1.82) is 0 Å². The van der Waals surface area contributed by atoms with Gasteiger partial charge in [-0.3, -0.25) is 0 Å². The number of ether oxygens (including phenoxy) is 3. The van der Waals surface area contributed by atoms with Gasteiger partial charge in [-0.25, -0.2) is 61.5 Å². The molecule has 0 aromatic heterocycles. The SMILES string of the molecule is O=C([O-])c1cc(Oc2c(F)c(F)c(F)c(F)c2F)c(Oc2c(F)c(F)c(F)c(F)c2F)c(Oc2c(F)c(F)c(F)c(F)c2F)c1-c1c(F)c(F)c(F)c(F)c1F.c1ccc([S+](c2ccccc2)c2cccc3ccccc23)cc1. The third-order valence-corrected chi connectivity index (χ3v) is 13.2. The van der Waals surface area contributed by atoms with Crippen LogP contribution in [0, 0.1) is 116 Å². The highest BCUT2D eigenvalue weighted by Crippen LogP contribution is 2.55. The Morgan fingerprint density at radius 1 is 0.329 bits per heavy atom. The number of carboxylic acids is 1. The van der Waals surface area contributed by atoms with Crippen molar-refractivity contribution < 1.29 is 112 Å². The van der Waals surface area contributed by atoms with Gasteiger partial charge in [-0.15, -0.1) is 0 Å². The molecule has 9 aromatic rings. The van der Waals surface area contributed by atoms with Crippen LogP contribution in [0.5, 0.6) is 34.5 Å². The van der Waals surface area contributed by atoms with Crippen LogP contribution in [0.4, 0.5) is 87.8 Å². The van der Waals surface area contributed by atoms with Gasteiger partial charge in [-0.05, 0) is 47.9 Å². The lowest BCUT2D eigenvalue weighted by atomic mass is 9.95. The molecule has 0 aliphatic heterocycles. The molecule has 0 aliphatic rings. The van der Waals surface area contributed by atoms with Gasteiger partial charge >= 0.3 is 0 Å². The fourth-order valence-electron chi connectivity index (χ4n) is 7.33. The van der Waals surface area contributed by atoms with Crippen LogP contribution < -0.4 is 19.3 Å². The third-order valence-electron chi connectivity index (χ3n) is 10.9. The van der Waals surface area contributed by atoms with Crippen molar-refractivity contribution >= 4 is 27.6 Å². The van der Waals surface area contributed by atoms with Gasteiger partial charge in [-0.2, -0.15) is 26.3 Å². The van der Waals surface area contributed by atoms with E-state index in [1.165, 1.54) is 25.5 Å². The number of rotatable bonds is 11. The molecule has 0 spiro atoms. The first-order valence-electron chi connectivity index (χ1n) is 21.2. The lowest BCUT2D eigenvalue weighted by Crippen LogP contribution is -2.24.